The van der Waals surface area contributed by atoms with E-state index in [0.717, 1.165) is 22.2 Å². The van der Waals surface area contributed by atoms with Crippen LogP contribution in [0.3, 0.4) is 0 Å². The van der Waals surface area contributed by atoms with Crippen molar-refractivity contribution in [3.05, 3.63) is 30.1 Å². The molecular weight excluding hydrogens is 286 g/mol. The maximum absolute atomic E-state index is 11.7. The molecule has 0 amide bonds. The number of pyridine rings is 1. The number of fused-ring (bicyclic) bond motifs is 1. The Morgan fingerprint density at radius 1 is 1.33 bits per heavy atom. The van der Waals surface area contributed by atoms with E-state index in [1.165, 1.54) is 0 Å². The van der Waals surface area contributed by atoms with Gasteiger partial charge in [-0.3, -0.25) is 4.98 Å². The van der Waals surface area contributed by atoms with E-state index < -0.39 is 15.4 Å². The zero-order valence-electron chi connectivity index (χ0n) is 12.2. The van der Waals surface area contributed by atoms with Gasteiger partial charge >= 0.3 is 0 Å². The molecule has 3 N–H and O–H groups in total. The molecule has 112 valence electrons. The summed E-state index contributed by atoms with van der Waals surface area (Å²) in [7, 11) is -2.94. The largest absolute Gasteiger partial charge is 0.398 e. The average Bonchev–Trinajstić information content (AvgIpc) is 2.67. The van der Waals surface area contributed by atoms with Crippen LogP contribution in [0, 0.1) is 6.92 Å². The first-order chi connectivity index (χ1) is 9.78. The zero-order chi connectivity index (χ0) is 15.3. The van der Waals surface area contributed by atoms with E-state index in [1.54, 1.807) is 6.20 Å². The maximum Gasteiger partial charge on any atom is 0.152 e. The van der Waals surface area contributed by atoms with Gasteiger partial charge in [0.1, 0.15) is 0 Å². The second-order valence-electron chi connectivity index (χ2n) is 6.10. The van der Waals surface area contributed by atoms with Gasteiger partial charge in [-0.1, -0.05) is 0 Å². The van der Waals surface area contributed by atoms with Gasteiger partial charge in [0.2, 0.25) is 0 Å². The van der Waals surface area contributed by atoms with Crippen LogP contribution in [0.5, 0.6) is 0 Å². The van der Waals surface area contributed by atoms with E-state index in [2.05, 4.69) is 10.3 Å². The van der Waals surface area contributed by atoms with Crippen LogP contribution >= 0.6 is 0 Å². The van der Waals surface area contributed by atoms with Crippen molar-refractivity contribution >= 4 is 32.0 Å². The van der Waals surface area contributed by atoms with E-state index in [4.69, 9.17) is 5.73 Å². The molecule has 1 aromatic heterocycles. The maximum atomic E-state index is 11.7. The van der Waals surface area contributed by atoms with Gasteiger partial charge in [-0.05, 0) is 38.5 Å². The molecule has 3 rings (SSSR count). The lowest BCUT2D eigenvalue weighted by molar-refractivity contribution is 0.574. The van der Waals surface area contributed by atoms with Crippen molar-refractivity contribution in [1.29, 1.82) is 0 Å². The number of nitrogen functional groups attached to an aromatic ring is 1. The van der Waals surface area contributed by atoms with Gasteiger partial charge in [-0.2, -0.15) is 0 Å². The molecule has 0 saturated carbocycles. The summed E-state index contributed by atoms with van der Waals surface area (Å²) in [5.74, 6) is 0.403. The third-order valence-corrected chi connectivity index (χ3v) is 5.91. The van der Waals surface area contributed by atoms with Crippen LogP contribution in [0.1, 0.15) is 19.0 Å². The molecular formula is C15H19N3O2S. The quantitative estimate of drug-likeness (QED) is 0.830. The highest BCUT2D eigenvalue weighted by atomic mass is 32.2. The zero-order valence-corrected chi connectivity index (χ0v) is 13.0. The number of rotatable bonds is 2. The van der Waals surface area contributed by atoms with Gasteiger partial charge in [-0.25, -0.2) is 8.42 Å². The van der Waals surface area contributed by atoms with Gasteiger partial charge in [0.15, 0.2) is 9.84 Å². The van der Waals surface area contributed by atoms with Crippen LogP contribution in [0.4, 0.5) is 11.4 Å². The number of anilines is 2. The predicted octanol–water partition coefficient (Wildman–Crippen LogP) is 2.11. The van der Waals surface area contributed by atoms with E-state index in [9.17, 15) is 8.42 Å². The van der Waals surface area contributed by atoms with Crippen LogP contribution in [-0.4, -0.2) is 30.4 Å². The fraction of sp³-hybridized carbons (Fsp3) is 0.400. The second kappa shape index (κ2) is 4.59. The lowest BCUT2D eigenvalue weighted by Crippen LogP contribution is -2.35. The number of aromatic nitrogens is 1. The molecule has 2 heterocycles. The Morgan fingerprint density at radius 2 is 2.10 bits per heavy atom. The van der Waals surface area contributed by atoms with Crippen LogP contribution in [0.2, 0.25) is 0 Å². The van der Waals surface area contributed by atoms with Crippen LogP contribution < -0.4 is 11.1 Å². The Morgan fingerprint density at radius 3 is 2.76 bits per heavy atom. The fourth-order valence-corrected chi connectivity index (χ4v) is 5.00. The summed E-state index contributed by atoms with van der Waals surface area (Å²) < 4.78 is 23.5. The Labute approximate surface area is 124 Å². The molecule has 1 fully saturated rings. The molecule has 1 saturated heterocycles. The minimum Gasteiger partial charge on any atom is -0.398 e. The second-order valence-corrected chi connectivity index (χ2v) is 8.29. The molecule has 0 bridgehead atoms. The molecule has 0 spiro atoms. The van der Waals surface area contributed by atoms with E-state index in [0.29, 0.717) is 12.1 Å². The number of hydrogen-bond donors (Lipinski definition) is 2. The highest BCUT2D eigenvalue weighted by Crippen LogP contribution is 2.33. The Bertz CT molecular complexity index is 817. The van der Waals surface area contributed by atoms with Crippen molar-refractivity contribution in [3.8, 4) is 0 Å². The van der Waals surface area contributed by atoms with E-state index >= 15 is 0 Å². The van der Waals surface area contributed by atoms with Crippen LogP contribution in [0.25, 0.3) is 10.8 Å². The Balaban J connectivity index is 2.06. The number of nitrogens with one attached hydrogen (secondary N) is 1. The number of nitrogens with two attached hydrogens (primary N) is 1. The fourth-order valence-electron chi connectivity index (χ4n) is 2.91. The third-order valence-electron chi connectivity index (χ3n) is 4.01. The molecule has 0 radical (unpaired) electrons. The molecule has 2 aromatic rings. The highest BCUT2D eigenvalue weighted by Gasteiger charge is 2.38. The molecule has 6 heteroatoms. The number of benzene rings is 1. The van der Waals surface area contributed by atoms with Crippen molar-refractivity contribution in [2.24, 2.45) is 0 Å². The summed E-state index contributed by atoms with van der Waals surface area (Å²) >= 11 is 0. The van der Waals surface area contributed by atoms with Crippen molar-refractivity contribution < 1.29 is 8.42 Å². The lowest BCUT2D eigenvalue weighted by atomic mass is 10.00. The first kappa shape index (κ1) is 14.1. The van der Waals surface area contributed by atoms with Gasteiger partial charge in [0.05, 0.1) is 11.5 Å². The summed E-state index contributed by atoms with van der Waals surface area (Å²) in [6, 6.07) is 5.71. The SMILES string of the molecule is Cc1cc2c(NC3(C)CCS(=O)(=O)C3)ccc(N)c2cn1. The van der Waals surface area contributed by atoms with Crippen molar-refractivity contribution in [1.82, 2.24) is 4.98 Å². The van der Waals surface area contributed by atoms with Crippen molar-refractivity contribution in [2.75, 3.05) is 22.6 Å². The molecule has 1 unspecified atom stereocenters. The molecule has 1 aromatic carbocycles. The number of sulfone groups is 1. The number of aryl methyl sites for hydroxylation is 1. The summed E-state index contributed by atoms with van der Waals surface area (Å²) in [4.78, 5) is 4.28. The smallest absolute Gasteiger partial charge is 0.152 e. The molecule has 5 nitrogen and oxygen atoms in total. The summed E-state index contributed by atoms with van der Waals surface area (Å²) in [5, 5.41) is 5.27. The predicted molar refractivity (Wildman–Crippen MR) is 86.2 cm³/mol. The first-order valence-corrected chi connectivity index (χ1v) is 8.74. The minimum absolute atomic E-state index is 0.163. The summed E-state index contributed by atoms with van der Waals surface area (Å²) in [5.41, 5.74) is 8.05. The Kier molecular flexibility index (Phi) is 3.09. The van der Waals surface area contributed by atoms with Gasteiger partial charge < -0.3 is 11.1 Å². The first-order valence-electron chi connectivity index (χ1n) is 6.91. The topological polar surface area (TPSA) is 85.1 Å². The van der Waals surface area contributed by atoms with Crippen molar-refractivity contribution in [3.63, 3.8) is 0 Å². The highest BCUT2D eigenvalue weighted by molar-refractivity contribution is 7.91. The monoisotopic (exact) mass is 305 g/mol. The number of nitrogens with zero attached hydrogens (tertiary/aromatic N) is 1. The molecule has 1 aliphatic rings. The van der Waals surface area contributed by atoms with Gasteiger partial charge in [0, 0.05) is 39.6 Å². The van der Waals surface area contributed by atoms with Crippen LogP contribution in [-0.2, 0) is 9.84 Å². The van der Waals surface area contributed by atoms with E-state index in [1.807, 2.05) is 32.0 Å². The normalized spacial score (nSPS) is 24.3. The number of hydrogen-bond acceptors (Lipinski definition) is 5. The third kappa shape index (κ3) is 2.68. The molecule has 0 aliphatic carbocycles. The molecule has 1 atom stereocenters. The van der Waals surface area contributed by atoms with Crippen LogP contribution in [0.15, 0.2) is 24.4 Å². The average molecular weight is 305 g/mol. The molecule has 1 aliphatic heterocycles. The Hall–Kier alpha value is -1.82. The van der Waals surface area contributed by atoms with Gasteiger partial charge in [-0.15, -0.1) is 0 Å². The standard InChI is InChI=1S/C15H19N3O2S/c1-10-7-11-12(8-17-10)13(16)3-4-14(11)18-15(2)5-6-21(19,20)9-15/h3-4,7-8,18H,5-6,9,16H2,1-2H3. The van der Waals surface area contributed by atoms with E-state index in [-0.39, 0.29) is 11.5 Å². The summed E-state index contributed by atoms with van der Waals surface area (Å²) in [6.07, 6.45) is 2.38. The summed E-state index contributed by atoms with van der Waals surface area (Å²) in [6.45, 7) is 3.88. The lowest BCUT2D eigenvalue weighted by Gasteiger charge is -2.26. The molecule has 21 heavy (non-hydrogen) atoms. The minimum atomic E-state index is -2.94. The van der Waals surface area contributed by atoms with Gasteiger partial charge in [0.25, 0.3) is 0 Å². The van der Waals surface area contributed by atoms with Crippen molar-refractivity contribution in [2.45, 2.75) is 25.8 Å².